The van der Waals surface area contributed by atoms with E-state index in [9.17, 15) is 0 Å². The molecular weight excluding hydrogens is 276 g/mol. The number of methoxy groups -OCH3 is 1. The zero-order valence-corrected chi connectivity index (χ0v) is 12.0. The molecule has 5 heteroatoms. The van der Waals surface area contributed by atoms with Crippen molar-refractivity contribution in [1.29, 1.82) is 0 Å². The van der Waals surface area contributed by atoms with Crippen molar-refractivity contribution in [2.24, 2.45) is 0 Å². The number of aromatic amines is 1. The van der Waals surface area contributed by atoms with Gasteiger partial charge in [-0.3, -0.25) is 9.50 Å². The van der Waals surface area contributed by atoms with Gasteiger partial charge in [-0.15, -0.1) is 0 Å². The molecule has 0 fully saturated rings. The molecule has 0 aliphatic rings. The van der Waals surface area contributed by atoms with Crippen molar-refractivity contribution in [3.63, 3.8) is 0 Å². The molecule has 1 N–H and O–H groups in total. The molecule has 0 saturated carbocycles. The maximum Gasteiger partial charge on any atom is 0.180 e. The molecule has 4 aromatic rings. The van der Waals surface area contributed by atoms with Crippen LogP contribution in [0.5, 0.6) is 5.75 Å². The van der Waals surface area contributed by atoms with Gasteiger partial charge >= 0.3 is 0 Å². The summed E-state index contributed by atoms with van der Waals surface area (Å²) in [5.74, 6) is 0.737. The van der Waals surface area contributed by atoms with Crippen molar-refractivity contribution >= 4 is 5.65 Å². The molecule has 3 aromatic heterocycles. The molecule has 5 nitrogen and oxygen atoms in total. The normalized spacial score (nSPS) is 11.0. The third-order valence-electron chi connectivity index (χ3n) is 3.69. The predicted molar refractivity (Wildman–Crippen MR) is 84.8 cm³/mol. The zero-order valence-electron chi connectivity index (χ0n) is 12.0. The van der Waals surface area contributed by atoms with Crippen LogP contribution in [0, 0.1) is 0 Å². The maximum atomic E-state index is 5.50. The van der Waals surface area contributed by atoms with Crippen molar-refractivity contribution in [3.8, 4) is 28.1 Å². The highest BCUT2D eigenvalue weighted by atomic mass is 16.5. The summed E-state index contributed by atoms with van der Waals surface area (Å²) >= 11 is 0. The van der Waals surface area contributed by atoms with Gasteiger partial charge in [0.15, 0.2) is 11.4 Å². The van der Waals surface area contributed by atoms with Crippen LogP contribution in [0.25, 0.3) is 28.0 Å². The van der Waals surface area contributed by atoms with Crippen LogP contribution in [0.15, 0.2) is 61.2 Å². The third-order valence-corrected chi connectivity index (χ3v) is 3.69. The van der Waals surface area contributed by atoms with Gasteiger partial charge < -0.3 is 4.74 Å². The highest BCUT2D eigenvalue weighted by Crippen LogP contribution is 2.30. The van der Waals surface area contributed by atoms with Crippen LogP contribution >= 0.6 is 0 Å². The maximum absolute atomic E-state index is 5.50. The van der Waals surface area contributed by atoms with Gasteiger partial charge in [-0.1, -0.05) is 30.3 Å². The van der Waals surface area contributed by atoms with E-state index in [0.29, 0.717) is 0 Å². The number of H-pyrrole nitrogens is 1. The highest BCUT2D eigenvalue weighted by Gasteiger charge is 2.12. The van der Waals surface area contributed by atoms with E-state index < -0.39 is 0 Å². The Kier molecular flexibility index (Phi) is 2.89. The first-order valence-corrected chi connectivity index (χ1v) is 6.96. The minimum Gasteiger partial charge on any atom is -0.493 e. The number of pyridine rings is 1. The zero-order chi connectivity index (χ0) is 14.9. The number of hydrogen-bond donors (Lipinski definition) is 1. The number of benzene rings is 1. The van der Waals surface area contributed by atoms with Crippen molar-refractivity contribution < 1.29 is 4.74 Å². The van der Waals surface area contributed by atoms with Gasteiger partial charge in [0.25, 0.3) is 0 Å². The van der Waals surface area contributed by atoms with Gasteiger partial charge in [0.1, 0.15) is 0 Å². The molecule has 22 heavy (non-hydrogen) atoms. The summed E-state index contributed by atoms with van der Waals surface area (Å²) < 4.78 is 7.55. The van der Waals surface area contributed by atoms with Crippen molar-refractivity contribution in [2.45, 2.75) is 0 Å². The molecular formula is C17H14N4O. The van der Waals surface area contributed by atoms with Gasteiger partial charge in [-0.25, -0.2) is 4.98 Å². The van der Waals surface area contributed by atoms with E-state index in [0.717, 1.165) is 33.8 Å². The first-order chi connectivity index (χ1) is 10.9. The molecule has 0 aliphatic heterocycles. The largest absolute Gasteiger partial charge is 0.493 e. The smallest absolute Gasteiger partial charge is 0.180 e. The Hall–Kier alpha value is -3.08. The number of nitrogens with zero attached hydrogens (tertiary/aromatic N) is 3. The van der Waals surface area contributed by atoms with E-state index in [-0.39, 0.29) is 0 Å². The lowest BCUT2D eigenvalue weighted by atomic mass is 10.1. The number of nitrogens with one attached hydrogen (secondary N) is 1. The quantitative estimate of drug-likeness (QED) is 0.629. The van der Waals surface area contributed by atoms with E-state index in [1.165, 1.54) is 0 Å². The minimum absolute atomic E-state index is 0.737. The van der Waals surface area contributed by atoms with Gasteiger partial charge in [0.05, 0.1) is 25.2 Å². The molecule has 3 heterocycles. The second kappa shape index (κ2) is 5.04. The lowest BCUT2D eigenvalue weighted by Crippen LogP contribution is -1.94. The fourth-order valence-electron chi connectivity index (χ4n) is 2.60. The standard InChI is InChI=1S/C17H14N4O/c1-22-16-7-13(14-8-19-20-9-14)11-21-15(10-18-17(16)21)12-5-3-2-4-6-12/h2-11H,1H3,(H,19,20). The average molecular weight is 290 g/mol. The monoisotopic (exact) mass is 290 g/mol. The van der Waals surface area contributed by atoms with Crippen LogP contribution < -0.4 is 4.74 Å². The highest BCUT2D eigenvalue weighted by molar-refractivity contribution is 5.73. The van der Waals surface area contributed by atoms with E-state index in [2.05, 4.69) is 37.9 Å². The summed E-state index contributed by atoms with van der Waals surface area (Å²) in [6.45, 7) is 0. The van der Waals surface area contributed by atoms with Crippen molar-refractivity contribution in [3.05, 3.63) is 61.2 Å². The molecule has 0 unspecified atom stereocenters. The SMILES string of the molecule is COc1cc(-c2cn[nH]c2)cn2c(-c3ccccc3)cnc12. The fraction of sp³-hybridized carbons (Fsp3) is 0.0588. The fourth-order valence-corrected chi connectivity index (χ4v) is 2.60. The van der Waals surface area contributed by atoms with Crippen LogP contribution in [0.2, 0.25) is 0 Å². The van der Waals surface area contributed by atoms with Crippen LogP contribution in [0.4, 0.5) is 0 Å². The Balaban J connectivity index is 1.99. The molecule has 0 radical (unpaired) electrons. The molecule has 0 atom stereocenters. The number of rotatable bonds is 3. The van der Waals surface area contributed by atoms with Gasteiger partial charge in [-0.05, 0) is 6.07 Å². The van der Waals surface area contributed by atoms with Crippen LogP contribution in [-0.2, 0) is 0 Å². The molecule has 4 rings (SSSR count). The van der Waals surface area contributed by atoms with E-state index >= 15 is 0 Å². The summed E-state index contributed by atoms with van der Waals surface area (Å²) in [6.07, 6.45) is 7.57. The van der Waals surface area contributed by atoms with Crippen LogP contribution in [0.3, 0.4) is 0 Å². The lowest BCUT2D eigenvalue weighted by Gasteiger charge is -2.08. The van der Waals surface area contributed by atoms with E-state index in [1.54, 1.807) is 13.3 Å². The topological polar surface area (TPSA) is 55.2 Å². The Labute approximate surface area is 127 Å². The summed E-state index contributed by atoms with van der Waals surface area (Å²) in [5.41, 5.74) is 4.97. The molecule has 0 amide bonds. The number of hydrogen-bond acceptors (Lipinski definition) is 3. The van der Waals surface area contributed by atoms with Crippen molar-refractivity contribution in [1.82, 2.24) is 19.6 Å². The second-order valence-electron chi connectivity index (χ2n) is 4.99. The Bertz CT molecular complexity index is 911. The molecule has 0 aliphatic carbocycles. The molecule has 1 aromatic carbocycles. The van der Waals surface area contributed by atoms with Crippen LogP contribution in [-0.4, -0.2) is 26.7 Å². The predicted octanol–water partition coefficient (Wildman–Crippen LogP) is 3.40. The van der Waals surface area contributed by atoms with E-state index in [4.69, 9.17) is 4.74 Å². The van der Waals surface area contributed by atoms with E-state index in [1.807, 2.05) is 36.7 Å². The van der Waals surface area contributed by atoms with Gasteiger partial charge in [0, 0.05) is 29.1 Å². The van der Waals surface area contributed by atoms with Gasteiger partial charge in [0.2, 0.25) is 0 Å². The summed E-state index contributed by atoms with van der Waals surface area (Å²) in [5, 5.41) is 6.85. The number of fused-ring (bicyclic) bond motifs is 1. The number of ether oxygens (including phenoxy) is 1. The molecule has 108 valence electrons. The lowest BCUT2D eigenvalue weighted by molar-refractivity contribution is 0.417. The Morgan fingerprint density at radius 1 is 1.05 bits per heavy atom. The summed E-state index contributed by atoms with van der Waals surface area (Å²) in [6, 6.07) is 12.2. The molecule has 0 spiro atoms. The third kappa shape index (κ3) is 1.95. The first kappa shape index (κ1) is 12.6. The Morgan fingerprint density at radius 2 is 1.91 bits per heavy atom. The Morgan fingerprint density at radius 3 is 2.64 bits per heavy atom. The minimum atomic E-state index is 0.737. The number of imidazole rings is 1. The van der Waals surface area contributed by atoms with Gasteiger partial charge in [-0.2, -0.15) is 5.10 Å². The second-order valence-corrected chi connectivity index (χ2v) is 4.99. The molecule has 0 saturated heterocycles. The summed E-state index contributed by atoms with van der Waals surface area (Å²) in [7, 11) is 1.66. The first-order valence-electron chi connectivity index (χ1n) is 6.96. The number of aromatic nitrogens is 4. The average Bonchev–Trinajstić information content (AvgIpc) is 3.24. The summed E-state index contributed by atoms with van der Waals surface area (Å²) in [4.78, 5) is 4.50. The van der Waals surface area contributed by atoms with Crippen LogP contribution in [0.1, 0.15) is 0 Å². The van der Waals surface area contributed by atoms with Crippen molar-refractivity contribution in [2.75, 3.05) is 7.11 Å². The molecule has 0 bridgehead atoms.